The Hall–Kier alpha value is -0.910. The van der Waals surface area contributed by atoms with Crippen LogP contribution in [0.1, 0.15) is 24.0 Å². The normalized spacial score (nSPS) is 13.5. The van der Waals surface area contributed by atoms with Crippen LogP contribution in [0.4, 0.5) is 0 Å². The molecule has 1 aromatic carbocycles. The second-order valence-electron chi connectivity index (χ2n) is 4.48. The van der Waals surface area contributed by atoms with Crippen molar-refractivity contribution in [3.8, 4) is 0 Å². The van der Waals surface area contributed by atoms with E-state index in [2.05, 4.69) is 10.8 Å². The van der Waals surface area contributed by atoms with Crippen LogP contribution in [-0.2, 0) is 14.8 Å². The zero-order valence-electron chi connectivity index (χ0n) is 11.1. The molecule has 102 valence electrons. The second-order valence-corrected chi connectivity index (χ2v) is 6.40. The summed E-state index contributed by atoms with van der Waals surface area (Å²) in [5.41, 5.74) is 2.33. The fourth-order valence-electron chi connectivity index (χ4n) is 1.61. The van der Waals surface area contributed by atoms with Crippen molar-refractivity contribution in [1.29, 1.82) is 0 Å². The summed E-state index contributed by atoms with van der Waals surface area (Å²) in [6.07, 6.45) is 0. The first kappa shape index (κ1) is 15.1. The third-order valence-corrected chi connectivity index (χ3v) is 4.09. The van der Waals surface area contributed by atoms with Crippen molar-refractivity contribution in [3.63, 3.8) is 0 Å². The Morgan fingerprint density at radius 2 is 2.11 bits per heavy atom. The minimum atomic E-state index is -3.23. The van der Waals surface area contributed by atoms with Crippen molar-refractivity contribution in [1.82, 2.24) is 4.72 Å². The van der Waals surface area contributed by atoms with E-state index >= 15 is 0 Å². The van der Waals surface area contributed by atoms with Gasteiger partial charge in [-0.2, -0.15) is 0 Å². The first-order valence-corrected chi connectivity index (χ1v) is 7.62. The number of sulfonamides is 1. The zero-order valence-corrected chi connectivity index (χ0v) is 12.0. The molecule has 18 heavy (non-hydrogen) atoms. The fraction of sp³-hybridized carbons (Fsp3) is 0.538. The van der Waals surface area contributed by atoms with Crippen LogP contribution in [0.2, 0.25) is 0 Å². The van der Waals surface area contributed by atoms with E-state index in [4.69, 9.17) is 4.74 Å². The minimum absolute atomic E-state index is 0.00401. The van der Waals surface area contributed by atoms with E-state index in [1.54, 1.807) is 0 Å². The molecule has 0 saturated heterocycles. The molecule has 0 aliphatic heterocycles. The van der Waals surface area contributed by atoms with E-state index in [9.17, 15) is 8.42 Å². The molecular formula is C13H21NO3S. The van der Waals surface area contributed by atoms with Crippen LogP contribution in [-0.4, -0.2) is 34.4 Å². The maximum absolute atomic E-state index is 11.6. The standard InChI is InChI=1S/C13H21NO3S/c1-11-5-4-6-13(9-11)12(2)10-14-18(15,16)8-7-17-3/h4-6,9,12,14H,7-8,10H2,1-3H3/t12-/m1/s1. The van der Waals surface area contributed by atoms with Crippen LogP contribution in [0.3, 0.4) is 0 Å². The average Bonchev–Trinajstić information content (AvgIpc) is 2.34. The maximum atomic E-state index is 11.6. The third kappa shape index (κ3) is 5.16. The van der Waals surface area contributed by atoms with Crippen LogP contribution in [0.5, 0.6) is 0 Å². The predicted octanol–water partition coefficient (Wildman–Crippen LogP) is 1.66. The monoisotopic (exact) mass is 271 g/mol. The van der Waals surface area contributed by atoms with Crippen molar-refractivity contribution in [2.24, 2.45) is 0 Å². The highest BCUT2D eigenvalue weighted by Crippen LogP contribution is 2.15. The number of hydrogen-bond acceptors (Lipinski definition) is 3. The highest BCUT2D eigenvalue weighted by Gasteiger charge is 2.12. The summed E-state index contributed by atoms with van der Waals surface area (Å²) in [4.78, 5) is 0. The SMILES string of the molecule is COCCS(=O)(=O)NC[C@@H](C)c1cccc(C)c1. The highest BCUT2D eigenvalue weighted by atomic mass is 32.2. The van der Waals surface area contributed by atoms with E-state index < -0.39 is 10.0 Å². The smallest absolute Gasteiger partial charge is 0.213 e. The fourth-order valence-corrected chi connectivity index (χ4v) is 2.65. The molecule has 0 bridgehead atoms. The molecule has 0 fully saturated rings. The molecule has 0 aliphatic carbocycles. The summed E-state index contributed by atoms with van der Waals surface area (Å²) in [6, 6.07) is 8.11. The lowest BCUT2D eigenvalue weighted by Gasteiger charge is -2.13. The molecule has 1 rings (SSSR count). The van der Waals surface area contributed by atoms with Crippen molar-refractivity contribution >= 4 is 10.0 Å². The van der Waals surface area contributed by atoms with Gasteiger partial charge in [0, 0.05) is 13.7 Å². The van der Waals surface area contributed by atoms with E-state index in [1.165, 1.54) is 12.7 Å². The maximum Gasteiger partial charge on any atom is 0.213 e. The average molecular weight is 271 g/mol. The van der Waals surface area contributed by atoms with Gasteiger partial charge in [0.15, 0.2) is 0 Å². The number of ether oxygens (including phenoxy) is 1. The molecule has 0 aliphatic rings. The second kappa shape index (κ2) is 6.87. The zero-order chi connectivity index (χ0) is 13.6. The van der Waals surface area contributed by atoms with Gasteiger partial charge in [-0.1, -0.05) is 36.8 Å². The number of rotatable bonds is 7. The number of nitrogens with one attached hydrogen (secondary N) is 1. The largest absolute Gasteiger partial charge is 0.384 e. The Balaban J connectivity index is 2.53. The first-order valence-electron chi connectivity index (χ1n) is 5.97. The molecule has 0 aromatic heterocycles. The van der Waals surface area contributed by atoms with E-state index in [-0.39, 0.29) is 18.3 Å². The Kier molecular flexibility index (Phi) is 5.78. The molecular weight excluding hydrogens is 250 g/mol. The number of hydrogen-bond donors (Lipinski definition) is 1. The Morgan fingerprint density at radius 1 is 1.39 bits per heavy atom. The van der Waals surface area contributed by atoms with Crippen LogP contribution in [0, 0.1) is 6.92 Å². The van der Waals surface area contributed by atoms with Crippen LogP contribution >= 0.6 is 0 Å². The summed E-state index contributed by atoms with van der Waals surface area (Å²) < 4.78 is 30.6. The highest BCUT2D eigenvalue weighted by molar-refractivity contribution is 7.89. The van der Waals surface area contributed by atoms with Crippen LogP contribution in [0.15, 0.2) is 24.3 Å². The summed E-state index contributed by atoms with van der Waals surface area (Å²) in [6.45, 7) is 4.66. The minimum Gasteiger partial charge on any atom is -0.384 e. The molecule has 1 atom stereocenters. The molecule has 0 saturated carbocycles. The molecule has 0 amide bonds. The number of aryl methyl sites for hydroxylation is 1. The lowest BCUT2D eigenvalue weighted by atomic mass is 10.00. The van der Waals surface area contributed by atoms with Gasteiger partial charge in [-0.05, 0) is 18.4 Å². The van der Waals surface area contributed by atoms with Crippen molar-refractivity contribution in [2.75, 3.05) is 26.0 Å². The summed E-state index contributed by atoms with van der Waals surface area (Å²) in [5, 5.41) is 0. The molecule has 1 aromatic rings. The van der Waals surface area contributed by atoms with Crippen LogP contribution in [0.25, 0.3) is 0 Å². The molecule has 0 radical (unpaired) electrons. The van der Waals surface area contributed by atoms with Gasteiger partial charge in [-0.25, -0.2) is 13.1 Å². The number of methoxy groups -OCH3 is 1. The van der Waals surface area contributed by atoms with Gasteiger partial charge in [0.05, 0.1) is 12.4 Å². The van der Waals surface area contributed by atoms with E-state index in [0.717, 1.165) is 5.56 Å². The Labute approximate surface area is 109 Å². The molecule has 0 heterocycles. The summed E-state index contributed by atoms with van der Waals surface area (Å²) in [7, 11) is -1.74. The van der Waals surface area contributed by atoms with Gasteiger partial charge in [0.2, 0.25) is 10.0 Å². The van der Waals surface area contributed by atoms with Crippen molar-refractivity contribution < 1.29 is 13.2 Å². The topological polar surface area (TPSA) is 55.4 Å². The van der Waals surface area contributed by atoms with Gasteiger partial charge < -0.3 is 4.74 Å². The van der Waals surface area contributed by atoms with Gasteiger partial charge in [0.25, 0.3) is 0 Å². The lowest BCUT2D eigenvalue weighted by Crippen LogP contribution is -2.31. The molecule has 0 unspecified atom stereocenters. The van der Waals surface area contributed by atoms with Gasteiger partial charge in [0.1, 0.15) is 0 Å². The van der Waals surface area contributed by atoms with Crippen molar-refractivity contribution in [3.05, 3.63) is 35.4 Å². The first-order chi connectivity index (χ1) is 8.44. The summed E-state index contributed by atoms with van der Waals surface area (Å²) >= 11 is 0. The molecule has 4 nitrogen and oxygen atoms in total. The lowest BCUT2D eigenvalue weighted by molar-refractivity contribution is 0.217. The molecule has 1 N–H and O–H groups in total. The predicted molar refractivity (Wildman–Crippen MR) is 73.3 cm³/mol. The third-order valence-electron chi connectivity index (χ3n) is 2.78. The Bertz CT molecular complexity index is 471. The molecule has 5 heteroatoms. The molecule has 0 spiro atoms. The van der Waals surface area contributed by atoms with E-state index in [0.29, 0.717) is 6.54 Å². The van der Waals surface area contributed by atoms with Crippen molar-refractivity contribution in [2.45, 2.75) is 19.8 Å². The van der Waals surface area contributed by atoms with Gasteiger partial charge >= 0.3 is 0 Å². The Morgan fingerprint density at radius 3 is 2.72 bits per heavy atom. The van der Waals surface area contributed by atoms with Crippen LogP contribution < -0.4 is 4.72 Å². The van der Waals surface area contributed by atoms with Gasteiger partial charge in [-0.3, -0.25) is 0 Å². The number of benzene rings is 1. The van der Waals surface area contributed by atoms with Gasteiger partial charge in [-0.15, -0.1) is 0 Å². The van der Waals surface area contributed by atoms with E-state index in [1.807, 2.05) is 32.0 Å². The summed E-state index contributed by atoms with van der Waals surface area (Å²) in [5.74, 6) is 0.159. The quantitative estimate of drug-likeness (QED) is 0.820.